The van der Waals surface area contributed by atoms with E-state index in [-0.39, 0.29) is 6.04 Å². The van der Waals surface area contributed by atoms with E-state index in [0.29, 0.717) is 12.0 Å². The fourth-order valence-corrected chi connectivity index (χ4v) is 3.52. The number of anilines is 2. The zero-order valence-corrected chi connectivity index (χ0v) is 14.4. The molecule has 1 aromatic carbocycles. The second kappa shape index (κ2) is 7.70. The highest BCUT2D eigenvalue weighted by atomic mass is 16.5. The largest absolute Gasteiger partial charge is 0.493 e. The van der Waals surface area contributed by atoms with Crippen molar-refractivity contribution < 1.29 is 4.74 Å². The van der Waals surface area contributed by atoms with Gasteiger partial charge in [0.1, 0.15) is 11.6 Å². The summed E-state index contributed by atoms with van der Waals surface area (Å²) in [7, 11) is 0. The molecule has 2 aliphatic heterocycles. The molecule has 2 aromatic rings. The standard InChI is InChI=1S/C19H25N5O/c1-2-8-17-15(6-1)16(7-4-12-25-17)23-18-9-11-21-19(24-18)22-14-5-3-10-20-13-14/h1-2,6,8-9,11,14,16,20H,3-5,7,10,12-13H2,(H2,21,22,23,24). The quantitative estimate of drug-likeness (QED) is 0.795. The first-order valence-corrected chi connectivity index (χ1v) is 9.17. The summed E-state index contributed by atoms with van der Waals surface area (Å²) < 4.78 is 5.85. The van der Waals surface area contributed by atoms with Crippen molar-refractivity contribution in [2.24, 2.45) is 0 Å². The van der Waals surface area contributed by atoms with Crippen LogP contribution in [0.25, 0.3) is 0 Å². The number of hydrogen-bond donors (Lipinski definition) is 3. The van der Waals surface area contributed by atoms with Crippen LogP contribution in [0.15, 0.2) is 36.5 Å². The third-order valence-corrected chi connectivity index (χ3v) is 4.80. The van der Waals surface area contributed by atoms with Crippen LogP contribution in [0, 0.1) is 0 Å². The van der Waals surface area contributed by atoms with Gasteiger partial charge in [-0.3, -0.25) is 0 Å². The summed E-state index contributed by atoms with van der Waals surface area (Å²) in [5.74, 6) is 2.51. The Bertz CT molecular complexity index is 702. The van der Waals surface area contributed by atoms with E-state index in [4.69, 9.17) is 4.74 Å². The van der Waals surface area contributed by atoms with Crippen molar-refractivity contribution in [2.75, 3.05) is 30.3 Å². The Hall–Kier alpha value is -2.34. The van der Waals surface area contributed by atoms with E-state index in [1.165, 1.54) is 12.0 Å². The Morgan fingerprint density at radius 1 is 1.08 bits per heavy atom. The van der Waals surface area contributed by atoms with Gasteiger partial charge in [-0.05, 0) is 44.4 Å². The lowest BCUT2D eigenvalue weighted by Crippen LogP contribution is -2.38. The van der Waals surface area contributed by atoms with Crippen molar-refractivity contribution in [3.8, 4) is 5.75 Å². The monoisotopic (exact) mass is 339 g/mol. The molecule has 3 heterocycles. The van der Waals surface area contributed by atoms with Crippen LogP contribution in [-0.4, -0.2) is 35.7 Å². The van der Waals surface area contributed by atoms with Crippen LogP contribution < -0.4 is 20.7 Å². The van der Waals surface area contributed by atoms with Crippen molar-refractivity contribution in [3.63, 3.8) is 0 Å². The molecule has 132 valence electrons. The number of rotatable bonds is 4. The fraction of sp³-hybridized carbons (Fsp3) is 0.474. The minimum Gasteiger partial charge on any atom is -0.493 e. The summed E-state index contributed by atoms with van der Waals surface area (Å²) >= 11 is 0. The summed E-state index contributed by atoms with van der Waals surface area (Å²) in [6.45, 7) is 2.83. The molecule has 25 heavy (non-hydrogen) atoms. The van der Waals surface area contributed by atoms with Gasteiger partial charge in [0.25, 0.3) is 0 Å². The van der Waals surface area contributed by atoms with Gasteiger partial charge in [-0.25, -0.2) is 4.98 Å². The Labute approximate surface area is 148 Å². The van der Waals surface area contributed by atoms with Gasteiger partial charge in [0, 0.05) is 24.3 Å². The van der Waals surface area contributed by atoms with Crippen LogP contribution in [0.5, 0.6) is 5.75 Å². The average molecular weight is 339 g/mol. The number of nitrogens with one attached hydrogen (secondary N) is 3. The van der Waals surface area contributed by atoms with Crippen molar-refractivity contribution in [1.29, 1.82) is 0 Å². The van der Waals surface area contributed by atoms with Gasteiger partial charge in [-0.2, -0.15) is 4.98 Å². The Morgan fingerprint density at radius 3 is 2.96 bits per heavy atom. The molecule has 1 saturated heterocycles. The second-order valence-corrected chi connectivity index (χ2v) is 6.68. The Kier molecular flexibility index (Phi) is 4.97. The Balaban J connectivity index is 1.48. The van der Waals surface area contributed by atoms with E-state index >= 15 is 0 Å². The van der Waals surface area contributed by atoms with Gasteiger partial charge in [0.15, 0.2) is 0 Å². The van der Waals surface area contributed by atoms with Crippen LogP contribution in [-0.2, 0) is 0 Å². The minimum absolute atomic E-state index is 0.206. The van der Waals surface area contributed by atoms with Crippen molar-refractivity contribution in [2.45, 2.75) is 37.8 Å². The van der Waals surface area contributed by atoms with E-state index in [2.05, 4.69) is 38.1 Å². The van der Waals surface area contributed by atoms with E-state index < -0.39 is 0 Å². The molecule has 6 nitrogen and oxygen atoms in total. The molecule has 0 aliphatic carbocycles. The summed E-state index contributed by atoms with van der Waals surface area (Å²) in [6, 6.07) is 10.8. The molecule has 1 aromatic heterocycles. The maximum Gasteiger partial charge on any atom is 0.224 e. The maximum atomic E-state index is 5.85. The number of aromatic nitrogens is 2. The number of fused-ring (bicyclic) bond motifs is 1. The topological polar surface area (TPSA) is 71.1 Å². The SMILES string of the molecule is c1ccc2c(c1)OCCCC2Nc1ccnc(NC2CCCNC2)n1. The van der Waals surface area contributed by atoms with Gasteiger partial charge in [-0.15, -0.1) is 0 Å². The Morgan fingerprint density at radius 2 is 2.04 bits per heavy atom. The van der Waals surface area contributed by atoms with Crippen molar-refractivity contribution in [3.05, 3.63) is 42.1 Å². The number of hydrogen-bond acceptors (Lipinski definition) is 6. The molecular formula is C19H25N5O. The van der Waals surface area contributed by atoms with Crippen LogP contribution in [0.4, 0.5) is 11.8 Å². The van der Waals surface area contributed by atoms with E-state index in [0.717, 1.165) is 50.5 Å². The lowest BCUT2D eigenvalue weighted by molar-refractivity contribution is 0.316. The fourth-order valence-electron chi connectivity index (χ4n) is 3.52. The predicted molar refractivity (Wildman–Crippen MR) is 99.1 cm³/mol. The first-order chi connectivity index (χ1) is 12.4. The van der Waals surface area contributed by atoms with Gasteiger partial charge in [0.05, 0.1) is 12.6 Å². The number of nitrogens with zero attached hydrogens (tertiary/aromatic N) is 2. The lowest BCUT2D eigenvalue weighted by atomic mass is 10.0. The normalized spacial score (nSPS) is 23.0. The summed E-state index contributed by atoms with van der Waals surface area (Å²) in [5, 5.41) is 10.4. The molecule has 6 heteroatoms. The average Bonchev–Trinajstić information content (AvgIpc) is 2.86. The third kappa shape index (κ3) is 4.02. The van der Waals surface area contributed by atoms with E-state index in [1.807, 2.05) is 24.4 Å². The molecule has 0 saturated carbocycles. The van der Waals surface area contributed by atoms with Gasteiger partial charge >= 0.3 is 0 Å². The molecule has 2 unspecified atom stereocenters. The predicted octanol–water partition coefficient (Wildman–Crippen LogP) is 2.97. The maximum absolute atomic E-state index is 5.85. The molecule has 2 aliphatic rings. The smallest absolute Gasteiger partial charge is 0.224 e. The third-order valence-electron chi connectivity index (χ3n) is 4.80. The van der Waals surface area contributed by atoms with Gasteiger partial charge in [-0.1, -0.05) is 18.2 Å². The first-order valence-electron chi connectivity index (χ1n) is 9.17. The highest BCUT2D eigenvalue weighted by molar-refractivity contribution is 5.46. The summed E-state index contributed by atoms with van der Waals surface area (Å²) in [6.07, 6.45) is 6.20. The molecule has 0 amide bonds. The molecule has 1 fully saturated rings. The number of piperidine rings is 1. The molecular weight excluding hydrogens is 314 g/mol. The van der Waals surface area contributed by atoms with Crippen LogP contribution in [0.2, 0.25) is 0 Å². The number of ether oxygens (including phenoxy) is 1. The zero-order chi connectivity index (χ0) is 16.9. The van der Waals surface area contributed by atoms with Crippen molar-refractivity contribution in [1.82, 2.24) is 15.3 Å². The highest BCUT2D eigenvalue weighted by Gasteiger charge is 2.20. The van der Waals surface area contributed by atoms with E-state index in [1.54, 1.807) is 0 Å². The lowest BCUT2D eigenvalue weighted by Gasteiger charge is -2.24. The van der Waals surface area contributed by atoms with Crippen molar-refractivity contribution >= 4 is 11.8 Å². The zero-order valence-electron chi connectivity index (χ0n) is 14.4. The second-order valence-electron chi connectivity index (χ2n) is 6.68. The summed E-state index contributed by atoms with van der Waals surface area (Å²) in [5.41, 5.74) is 1.20. The number of para-hydroxylation sites is 1. The molecule has 0 radical (unpaired) electrons. The van der Waals surface area contributed by atoms with Crippen LogP contribution in [0.1, 0.15) is 37.3 Å². The highest BCUT2D eigenvalue weighted by Crippen LogP contribution is 2.33. The van der Waals surface area contributed by atoms with Crippen LogP contribution >= 0.6 is 0 Å². The van der Waals surface area contributed by atoms with E-state index in [9.17, 15) is 0 Å². The van der Waals surface area contributed by atoms with Gasteiger partial charge < -0.3 is 20.7 Å². The molecule has 0 spiro atoms. The minimum atomic E-state index is 0.206. The molecule has 0 bridgehead atoms. The van der Waals surface area contributed by atoms with Gasteiger partial charge in [0.2, 0.25) is 5.95 Å². The molecule has 3 N–H and O–H groups in total. The molecule has 4 rings (SSSR count). The first kappa shape index (κ1) is 16.1. The molecule has 2 atom stereocenters. The summed E-state index contributed by atoms with van der Waals surface area (Å²) in [4.78, 5) is 9.04. The number of benzene rings is 1. The van der Waals surface area contributed by atoms with Crippen LogP contribution in [0.3, 0.4) is 0 Å².